The molecular formula is C43H59ClN6O6. The fraction of sp³-hybridized carbons (Fsp3) is 0.512. The largest absolute Gasteiger partial charge is 0.462 e. The van der Waals surface area contributed by atoms with E-state index in [0.29, 0.717) is 44.0 Å². The van der Waals surface area contributed by atoms with Crippen LogP contribution in [0, 0.1) is 27.7 Å². The first-order valence-electron chi connectivity index (χ1n) is 19.5. The monoisotopic (exact) mass is 790 g/mol. The first-order chi connectivity index (χ1) is 26.2. The highest BCUT2D eigenvalue weighted by molar-refractivity contribution is 6.06. The van der Waals surface area contributed by atoms with E-state index < -0.39 is 5.60 Å². The summed E-state index contributed by atoms with van der Waals surface area (Å²) in [5, 5.41) is 5.38. The zero-order valence-electron chi connectivity index (χ0n) is 34.5. The van der Waals surface area contributed by atoms with E-state index in [1.165, 1.54) is 11.1 Å². The summed E-state index contributed by atoms with van der Waals surface area (Å²) in [6.45, 7) is 24.4. The highest BCUT2D eigenvalue weighted by Gasteiger charge is 2.28. The van der Waals surface area contributed by atoms with Crippen LogP contribution in [0.15, 0.2) is 36.7 Å². The lowest BCUT2D eigenvalue weighted by Crippen LogP contribution is -2.39. The second-order valence-electron chi connectivity index (χ2n) is 15.3. The van der Waals surface area contributed by atoms with Crippen molar-refractivity contribution in [1.29, 1.82) is 0 Å². The minimum Gasteiger partial charge on any atom is -0.462 e. The van der Waals surface area contributed by atoms with Gasteiger partial charge in [-0.1, -0.05) is 0 Å². The number of benzene rings is 2. The number of ether oxygens (including phenoxy) is 3. The average molecular weight is 791 g/mol. The lowest BCUT2D eigenvalue weighted by atomic mass is 10.0. The minimum atomic E-state index is -0.531. The van der Waals surface area contributed by atoms with Gasteiger partial charge < -0.3 is 34.2 Å². The molecule has 4 heterocycles. The van der Waals surface area contributed by atoms with E-state index in [1.54, 1.807) is 24.2 Å². The number of halogens is 1. The summed E-state index contributed by atoms with van der Waals surface area (Å²) in [5.74, 6) is -0.671. The van der Waals surface area contributed by atoms with Crippen LogP contribution >= 0.6 is 12.4 Å². The molecule has 4 aromatic rings. The second-order valence-corrected chi connectivity index (χ2v) is 15.3. The van der Waals surface area contributed by atoms with Crippen molar-refractivity contribution in [2.24, 2.45) is 0 Å². The van der Waals surface area contributed by atoms with E-state index in [9.17, 15) is 14.4 Å². The predicted octanol–water partition coefficient (Wildman–Crippen LogP) is 7.73. The van der Waals surface area contributed by atoms with Gasteiger partial charge in [0.15, 0.2) is 0 Å². The molecular weight excluding hydrogens is 732 g/mol. The summed E-state index contributed by atoms with van der Waals surface area (Å²) < 4.78 is 16.1. The molecule has 2 aromatic heterocycles. The molecule has 2 aliphatic heterocycles. The maximum absolute atomic E-state index is 12.7. The van der Waals surface area contributed by atoms with Gasteiger partial charge in [-0.05, 0) is 128 Å². The number of anilines is 2. The Labute approximate surface area is 337 Å². The van der Waals surface area contributed by atoms with Crippen LogP contribution in [-0.4, -0.2) is 104 Å². The lowest BCUT2D eigenvalue weighted by molar-refractivity contribution is 0.0262. The quantitative estimate of drug-likeness (QED) is 0.152. The van der Waals surface area contributed by atoms with Crippen molar-refractivity contribution in [1.82, 2.24) is 20.2 Å². The molecule has 0 aliphatic carbocycles. The molecule has 304 valence electrons. The number of carbonyl (C=O) groups is 3. The number of amides is 1. The molecule has 1 amide bonds. The summed E-state index contributed by atoms with van der Waals surface area (Å²) >= 11 is 0. The molecule has 0 unspecified atom stereocenters. The Morgan fingerprint density at radius 2 is 1.14 bits per heavy atom. The number of fused-ring (bicyclic) bond motifs is 2. The smallest absolute Gasteiger partial charge is 0.410 e. The molecule has 13 heteroatoms. The van der Waals surface area contributed by atoms with Crippen molar-refractivity contribution in [3.05, 3.63) is 70.0 Å². The number of rotatable bonds is 6. The fourth-order valence-electron chi connectivity index (χ4n) is 6.99. The van der Waals surface area contributed by atoms with Crippen LogP contribution in [0.1, 0.15) is 90.4 Å². The zero-order chi connectivity index (χ0) is 39.9. The van der Waals surface area contributed by atoms with E-state index in [1.807, 2.05) is 33.8 Å². The van der Waals surface area contributed by atoms with Gasteiger partial charge in [0.2, 0.25) is 0 Å². The van der Waals surface area contributed by atoms with Crippen LogP contribution in [-0.2, 0) is 14.2 Å². The van der Waals surface area contributed by atoms with E-state index in [4.69, 9.17) is 14.2 Å². The van der Waals surface area contributed by atoms with Crippen LogP contribution < -0.4 is 15.1 Å². The summed E-state index contributed by atoms with van der Waals surface area (Å²) in [4.78, 5) is 53.1. The molecule has 2 fully saturated rings. The van der Waals surface area contributed by atoms with Crippen LogP contribution in [0.4, 0.5) is 16.2 Å². The Morgan fingerprint density at radius 1 is 0.661 bits per heavy atom. The Kier molecular flexibility index (Phi) is 15.3. The molecule has 0 saturated carbocycles. The normalized spacial score (nSPS) is 14.9. The first kappa shape index (κ1) is 44.0. The van der Waals surface area contributed by atoms with Gasteiger partial charge in [0.1, 0.15) is 16.7 Å². The van der Waals surface area contributed by atoms with E-state index in [2.05, 4.69) is 71.0 Å². The van der Waals surface area contributed by atoms with Gasteiger partial charge in [-0.25, -0.2) is 14.4 Å². The number of aryl methyl sites for hydroxylation is 4. The van der Waals surface area contributed by atoms with Crippen molar-refractivity contribution in [3.8, 4) is 0 Å². The fourth-order valence-corrected chi connectivity index (χ4v) is 6.99. The highest BCUT2D eigenvalue weighted by atomic mass is 35.5. The highest BCUT2D eigenvalue weighted by Crippen LogP contribution is 2.34. The molecule has 0 atom stereocenters. The van der Waals surface area contributed by atoms with Crippen molar-refractivity contribution >= 4 is 63.6 Å². The number of pyridine rings is 2. The number of aromatic nitrogens is 2. The standard InChI is InChI=1S/C24H33N3O4.C19H25N3O2.ClH/c1-7-30-22(28)19-15-25-20-14-17(3)16(2)13-18(20)21(19)26-9-8-10-27(12-11-26)23(29)31-24(4,5)6;1-4-24-19(23)16-12-21-17-11-14(3)13(2)10-15(17)18(16)22-8-5-6-20-7-9-22;/h13-15H,7-12H2,1-6H3;10-12,20H,4-9H2,1-3H3;1H. The van der Waals surface area contributed by atoms with Gasteiger partial charge in [0.05, 0.1) is 35.6 Å². The Morgan fingerprint density at radius 3 is 1.64 bits per heavy atom. The molecule has 0 radical (unpaired) electrons. The topological polar surface area (TPSA) is 126 Å². The zero-order valence-corrected chi connectivity index (χ0v) is 35.4. The number of hydrogen-bond donors (Lipinski definition) is 1. The molecule has 2 saturated heterocycles. The van der Waals surface area contributed by atoms with Crippen LogP contribution in [0.2, 0.25) is 0 Å². The van der Waals surface area contributed by atoms with Crippen LogP contribution in [0.3, 0.4) is 0 Å². The summed E-state index contributed by atoms with van der Waals surface area (Å²) in [7, 11) is 0. The van der Waals surface area contributed by atoms with Crippen molar-refractivity contribution in [2.75, 3.05) is 75.4 Å². The summed E-state index contributed by atoms with van der Waals surface area (Å²) in [6.07, 6.45) is 4.81. The van der Waals surface area contributed by atoms with Gasteiger partial charge >= 0.3 is 18.0 Å². The maximum Gasteiger partial charge on any atom is 0.410 e. The first-order valence-corrected chi connectivity index (χ1v) is 19.5. The number of hydrogen-bond acceptors (Lipinski definition) is 11. The third-order valence-electron chi connectivity index (χ3n) is 10.0. The predicted molar refractivity (Wildman–Crippen MR) is 226 cm³/mol. The van der Waals surface area contributed by atoms with Crippen LogP contribution in [0.25, 0.3) is 21.8 Å². The minimum absolute atomic E-state index is 0. The second kappa shape index (κ2) is 19.5. The lowest BCUT2D eigenvalue weighted by Gasteiger charge is -2.28. The number of esters is 2. The summed E-state index contributed by atoms with van der Waals surface area (Å²) in [5.41, 5.74) is 8.78. The number of carbonyl (C=O) groups excluding carboxylic acids is 3. The Balaban J connectivity index is 0.000000252. The van der Waals surface area contributed by atoms with Gasteiger partial charge in [-0.3, -0.25) is 9.97 Å². The Hall–Kier alpha value is -4.68. The Bertz CT molecular complexity index is 2020. The molecule has 0 bridgehead atoms. The molecule has 56 heavy (non-hydrogen) atoms. The SMILES string of the molecule is CCOC(=O)c1cnc2cc(C)c(C)cc2c1N1CCCN(C(=O)OC(C)(C)C)CC1.CCOC(=O)c1cnc2cc(C)c(C)cc2c1N1CCCNCC1.Cl. The van der Waals surface area contributed by atoms with Gasteiger partial charge in [0.25, 0.3) is 0 Å². The van der Waals surface area contributed by atoms with Crippen molar-refractivity contribution < 1.29 is 28.6 Å². The number of nitrogens with zero attached hydrogens (tertiary/aromatic N) is 5. The van der Waals surface area contributed by atoms with E-state index in [-0.39, 0.29) is 30.4 Å². The van der Waals surface area contributed by atoms with Crippen LogP contribution in [0.5, 0.6) is 0 Å². The van der Waals surface area contributed by atoms with E-state index >= 15 is 0 Å². The number of nitrogens with one attached hydrogen (secondary N) is 1. The molecule has 2 aliphatic rings. The molecule has 1 N–H and O–H groups in total. The van der Waals surface area contributed by atoms with Crippen molar-refractivity contribution in [3.63, 3.8) is 0 Å². The molecule has 0 spiro atoms. The molecule has 6 rings (SSSR count). The van der Waals surface area contributed by atoms with Gasteiger partial charge in [0, 0.05) is 69.0 Å². The maximum atomic E-state index is 12.7. The third kappa shape index (κ3) is 10.6. The average Bonchev–Trinajstić information content (AvgIpc) is 3.56. The van der Waals surface area contributed by atoms with E-state index in [0.717, 1.165) is 89.9 Å². The third-order valence-corrected chi connectivity index (χ3v) is 10.0. The molecule has 2 aromatic carbocycles. The van der Waals surface area contributed by atoms with Gasteiger partial charge in [-0.15, -0.1) is 12.4 Å². The van der Waals surface area contributed by atoms with Crippen molar-refractivity contribution in [2.45, 2.75) is 80.8 Å². The van der Waals surface area contributed by atoms with Gasteiger partial charge in [-0.2, -0.15) is 0 Å². The summed E-state index contributed by atoms with van der Waals surface area (Å²) in [6, 6.07) is 8.38. The molecule has 12 nitrogen and oxygen atoms in total.